The minimum absolute atomic E-state index is 0.108. The zero-order valence-electron chi connectivity index (χ0n) is 16.9. The van der Waals surface area contributed by atoms with Crippen molar-refractivity contribution in [2.75, 3.05) is 33.4 Å². The quantitative estimate of drug-likeness (QED) is 0.552. The molecule has 2 aromatic rings. The highest BCUT2D eigenvalue weighted by Crippen LogP contribution is 2.36. The first kappa shape index (κ1) is 21.0. The molecular weight excluding hydrogens is 370 g/mol. The lowest BCUT2D eigenvalue weighted by Gasteiger charge is -2.28. The highest BCUT2D eigenvalue weighted by molar-refractivity contribution is 6.10. The number of aryl methyl sites for hydroxylation is 1. The Balaban J connectivity index is 1.95. The predicted octanol–water partition coefficient (Wildman–Crippen LogP) is 2.93. The van der Waals surface area contributed by atoms with Crippen molar-refractivity contribution in [3.05, 3.63) is 64.2 Å². The van der Waals surface area contributed by atoms with Gasteiger partial charge in [-0.3, -0.25) is 9.69 Å². The number of morpholine rings is 1. The van der Waals surface area contributed by atoms with E-state index >= 15 is 0 Å². The van der Waals surface area contributed by atoms with Crippen molar-refractivity contribution in [3.63, 3.8) is 0 Å². The Morgan fingerprint density at radius 1 is 1.28 bits per heavy atom. The average Bonchev–Trinajstić information content (AvgIpc) is 2.74. The molecule has 1 fully saturated rings. The summed E-state index contributed by atoms with van der Waals surface area (Å²) in [5, 5.41) is 20.7. The lowest BCUT2D eigenvalue weighted by atomic mass is 9.97. The van der Waals surface area contributed by atoms with Crippen LogP contribution in [0.25, 0.3) is 6.08 Å². The molecular formula is C23H27NO5. The SMILES string of the molecule is COc1cc(CO)c(CN2CCOCC2)c(O)c1C(=O)/C=C/c1cccc(C)c1. The summed E-state index contributed by atoms with van der Waals surface area (Å²) in [6.07, 6.45) is 3.15. The van der Waals surface area contributed by atoms with Gasteiger partial charge < -0.3 is 19.7 Å². The van der Waals surface area contributed by atoms with E-state index in [2.05, 4.69) is 4.90 Å². The number of hydrogen-bond donors (Lipinski definition) is 2. The Hall–Kier alpha value is -2.67. The Morgan fingerprint density at radius 3 is 2.69 bits per heavy atom. The molecule has 1 saturated heterocycles. The van der Waals surface area contributed by atoms with Crippen LogP contribution in [0.3, 0.4) is 0 Å². The van der Waals surface area contributed by atoms with Gasteiger partial charge in [-0.2, -0.15) is 0 Å². The molecule has 2 aromatic carbocycles. The first-order valence-corrected chi connectivity index (χ1v) is 9.65. The molecule has 29 heavy (non-hydrogen) atoms. The van der Waals surface area contributed by atoms with E-state index in [0.29, 0.717) is 30.9 Å². The van der Waals surface area contributed by atoms with Crippen LogP contribution in [0.5, 0.6) is 11.5 Å². The van der Waals surface area contributed by atoms with Crippen LogP contribution in [0, 0.1) is 6.92 Å². The molecule has 0 bridgehead atoms. The number of hydrogen-bond acceptors (Lipinski definition) is 6. The van der Waals surface area contributed by atoms with Gasteiger partial charge in [0, 0.05) is 25.2 Å². The van der Waals surface area contributed by atoms with Crippen LogP contribution in [0.2, 0.25) is 0 Å². The Morgan fingerprint density at radius 2 is 2.03 bits per heavy atom. The van der Waals surface area contributed by atoms with E-state index in [1.165, 1.54) is 13.2 Å². The number of phenols is 1. The smallest absolute Gasteiger partial charge is 0.193 e. The van der Waals surface area contributed by atoms with E-state index in [-0.39, 0.29) is 29.5 Å². The fourth-order valence-corrected chi connectivity index (χ4v) is 3.47. The third kappa shape index (κ3) is 5.03. The number of carbonyl (C=O) groups excluding carboxylic acids is 1. The number of carbonyl (C=O) groups is 1. The number of rotatable bonds is 7. The van der Waals surface area contributed by atoms with Crippen LogP contribution < -0.4 is 4.74 Å². The van der Waals surface area contributed by atoms with Crippen LogP contribution >= 0.6 is 0 Å². The van der Waals surface area contributed by atoms with Crippen LogP contribution in [-0.4, -0.2) is 54.3 Å². The monoisotopic (exact) mass is 397 g/mol. The highest BCUT2D eigenvalue weighted by Gasteiger charge is 2.24. The van der Waals surface area contributed by atoms with Crippen molar-refractivity contribution >= 4 is 11.9 Å². The first-order chi connectivity index (χ1) is 14.0. The summed E-state index contributed by atoms with van der Waals surface area (Å²) in [6.45, 7) is 4.86. The molecule has 0 atom stereocenters. The van der Waals surface area contributed by atoms with Crippen molar-refractivity contribution < 1.29 is 24.5 Å². The summed E-state index contributed by atoms with van der Waals surface area (Å²) in [5.74, 6) is -0.247. The number of benzene rings is 2. The third-order valence-electron chi connectivity index (χ3n) is 5.05. The highest BCUT2D eigenvalue weighted by atomic mass is 16.5. The third-order valence-corrected chi connectivity index (χ3v) is 5.05. The number of aliphatic hydroxyl groups excluding tert-OH is 1. The molecule has 6 heteroatoms. The molecule has 0 aliphatic carbocycles. The lowest BCUT2D eigenvalue weighted by molar-refractivity contribution is 0.0336. The molecule has 0 spiro atoms. The Kier molecular flexibility index (Phi) is 7.04. The summed E-state index contributed by atoms with van der Waals surface area (Å²) in [4.78, 5) is 15.1. The van der Waals surface area contributed by atoms with Gasteiger partial charge in [0.05, 0.1) is 26.9 Å². The van der Waals surface area contributed by atoms with Crippen molar-refractivity contribution in [2.24, 2.45) is 0 Å². The van der Waals surface area contributed by atoms with Gasteiger partial charge in [-0.1, -0.05) is 35.9 Å². The summed E-state index contributed by atoms with van der Waals surface area (Å²) in [7, 11) is 1.44. The summed E-state index contributed by atoms with van der Waals surface area (Å²) < 4.78 is 10.7. The minimum Gasteiger partial charge on any atom is -0.507 e. The van der Waals surface area contributed by atoms with Crippen molar-refractivity contribution in [2.45, 2.75) is 20.1 Å². The Bertz CT molecular complexity index is 900. The Labute approximate surface area is 171 Å². The summed E-state index contributed by atoms with van der Waals surface area (Å²) >= 11 is 0. The number of ether oxygens (including phenoxy) is 2. The minimum atomic E-state index is -0.353. The van der Waals surface area contributed by atoms with E-state index < -0.39 is 0 Å². The van der Waals surface area contributed by atoms with Crippen molar-refractivity contribution in [1.29, 1.82) is 0 Å². The zero-order chi connectivity index (χ0) is 20.8. The number of aromatic hydroxyl groups is 1. The lowest BCUT2D eigenvalue weighted by Crippen LogP contribution is -2.36. The maximum absolute atomic E-state index is 12.9. The average molecular weight is 397 g/mol. The fourth-order valence-electron chi connectivity index (χ4n) is 3.47. The van der Waals surface area contributed by atoms with Gasteiger partial charge in [0.25, 0.3) is 0 Å². The van der Waals surface area contributed by atoms with Crippen LogP contribution in [0.4, 0.5) is 0 Å². The van der Waals surface area contributed by atoms with E-state index in [4.69, 9.17) is 9.47 Å². The second-order valence-electron chi connectivity index (χ2n) is 7.10. The van der Waals surface area contributed by atoms with Crippen LogP contribution in [0.1, 0.15) is 32.6 Å². The largest absolute Gasteiger partial charge is 0.507 e. The van der Waals surface area contributed by atoms with Gasteiger partial charge in [0.1, 0.15) is 17.1 Å². The van der Waals surface area contributed by atoms with Gasteiger partial charge >= 0.3 is 0 Å². The topological polar surface area (TPSA) is 79.2 Å². The molecule has 1 aliphatic rings. The van der Waals surface area contributed by atoms with Gasteiger partial charge in [-0.05, 0) is 30.2 Å². The standard InChI is InChI=1S/C23H27NO5/c1-16-4-3-5-17(12-16)6-7-20(26)22-21(28-2)13-18(15-25)19(23(22)27)14-24-8-10-29-11-9-24/h3-7,12-13,25,27H,8-11,14-15H2,1-2H3/b7-6+. The number of allylic oxidation sites excluding steroid dienone is 1. The number of phenolic OH excluding ortho intramolecular Hbond substituents is 1. The van der Waals surface area contributed by atoms with Crippen LogP contribution in [0.15, 0.2) is 36.4 Å². The van der Waals surface area contributed by atoms with Crippen LogP contribution in [-0.2, 0) is 17.9 Å². The summed E-state index contributed by atoms with van der Waals surface area (Å²) in [5.41, 5.74) is 3.20. The number of methoxy groups -OCH3 is 1. The molecule has 0 saturated carbocycles. The van der Waals surface area contributed by atoms with E-state index in [1.807, 2.05) is 31.2 Å². The second kappa shape index (κ2) is 9.69. The first-order valence-electron chi connectivity index (χ1n) is 9.65. The number of nitrogens with zero attached hydrogens (tertiary/aromatic N) is 1. The second-order valence-corrected chi connectivity index (χ2v) is 7.10. The van der Waals surface area contributed by atoms with Gasteiger partial charge in [0.2, 0.25) is 0 Å². The van der Waals surface area contributed by atoms with Gasteiger partial charge in [0.15, 0.2) is 5.78 Å². The van der Waals surface area contributed by atoms with E-state index in [1.54, 1.807) is 12.1 Å². The molecule has 0 aromatic heterocycles. The van der Waals surface area contributed by atoms with Crippen molar-refractivity contribution in [1.82, 2.24) is 4.90 Å². The number of aliphatic hydroxyl groups is 1. The maximum atomic E-state index is 12.9. The molecule has 0 amide bonds. The molecule has 154 valence electrons. The molecule has 1 heterocycles. The predicted molar refractivity (Wildman–Crippen MR) is 111 cm³/mol. The molecule has 0 unspecified atom stereocenters. The number of ketones is 1. The molecule has 2 N–H and O–H groups in total. The van der Waals surface area contributed by atoms with Crippen molar-refractivity contribution in [3.8, 4) is 11.5 Å². The van der Waals surface area contributed by atoms with E-state index in [0.717, 1.165) is 24.2 Å². The normalized spacial score (nSPS) is 15.0. The summed E-state index contributed by atoms with van der Waals surface area (Å²) in [6, 6.07) is 9.42. The maximum Gasteiger partial charge on any atom is 0.193 e. The fraction of sp³-hybridized carbons (Fsp3) is 0.348. The molecule has 0 radical (unpaired) electrons. The van der Waals surface area contributed by atoms with Gasteiger partial charge in [-0.15, -0.1) is 0 Å². The zero-order valence-corrected chi connectivity index (χ0v) is 16.9. The molecule has 3 rings (SSSR count). The molecule has 6 nitrogen and oxygen atoms in total. The molecule has 1 aliphatic heterocycles. The van der Waals surface area contributed by atoms with E-state index in [9.17, 15) is 15.0 Å². The van der Waals surface area contributed by atoms with Gasteiger partial charge in [-0.25, -0.2) is 0 Å².